The van der Waals surface area contributed by atoms with Gasteiger partial charge in [0.2, 0.25) is 0 Å². The van der Waals surface area contributed by atoms with E-state index < -0.39 is 0 Å². The molecule has 0 saturated heterocycles. The van der Waals surface area contributed by atoms with E-state index in [0.29, 0.717) is 6.54 Å². The van der Waals surface area contributed by atoms with Crippen molar-refractivity contribution in [3.63, 3.8) is 0 Å². The Morgan fingerprint density at radius 1 is 1.36 bits per heavy atom. The number of rotatable bonds is 5. The first-order chi connectivity index (χ1) is 6.81. The van der Waals surface area contributed by atoms with Crippen LogP contribution in [0.5, 0.6) is 0 Å². The summed E-state index contributed by atoms with van der Waals surface area (Å²) in [4.78, 5) is 8.69. The average Bonchev–Trinajstić information content (AvgIpc) is 2.26. The third-order valence-corrected chi connectivity index (χ3v) is 2.03. The van der Waals surface area contributed by atoms with Crippen molar-refractivity contribution in [3.8, 4) is 0 Å². The van der Waals surface area contributed by atoms with Gasteiger partial charge in [-0.25, -0.2) is 9.97 Å². The van der Waals surface area contributed by atoms with Crippen molar-refractivity contribution < 1.29 is 0 Å². The molecule has 0 unspecified atom stereocenters. The van der Waals surface area contributed by atoms with E-state index in [1.165, 1.54) is 0 Å². The average molecular weight is 194 g/mol. The predicted octanol–water partition coefficient (Wildman–Crippen LogP) is 0.972. The molecule has 4 heteroatoms. The quantitative estimate of drug-likeness (QED) is 0.733. The van der Waals surface area contributed by atoms with Gasteiger partial charge in [-0.1, -0.05) is 13.8 Å². The molecule has 1 aromatic rings. The summed E-state index contributed by atoms with van der Waals surface area (Å²) < 4.78 is 0. The summed E-state index contributed by atoms with van der Waals surface area (Å²) in [7, 11) is 0. The van der Waals surface area contributed by atoms with Crippen LogP contribution >= 0.6 is 0 Å². The molecule has 0 aliphatic heterocycles. The lowest BCUT2D eigenvalue weighted by atomic mass is 10.2. The molecular formula is C10H18N4. The molecule has 0 aliphatic carbocycles. The van der Waals surface area contributed by atoms with Crippen LogP contribution in [0.1, 0.15) is 25.4 Å². The minimum absolute atomic E-state index is 0.624. The Morgan fingerprint density at radius 2 is 2.14 bits per heavy atom. The molecule has 1 heterocycles. The number of aryl methyl sites for hydroxylation is 2. The molecule has 0 aromatic carbocycles. The minimum Gasteiger partial charge on any atom is -0.381 e. The summed E-state index contributed by atoms with van der Waals surface area (Å²) in [6.45, 7) is 5.54. The molecule has 4 nitrogen and oxygen atoms in total. The Bertz CT molecular complexity index is 285. The summed E-state index contributed by atoms with van der Waals surface area (Å²) in [5.74, 6) is 0.903. The van der Waals surface area contributed by atoms with Gasteiger partial charge in [-0.05, 0) is 6.42 Å². The SMILES string of the molecule is CCc1ncc(NCCN)c(CC)n1. The first-order valence-electron chi connectivity index (χ1n) is 5.10. The monoisotopic (exact) mass is 194 g/mol. The largest absolute Gasteiger partial charge is 0.381 e. The van der Waals surface area contributed by atoms with Gasteiger partial charge in [-0.15, -0.1) is 0 Å². The fraction of sp³-hybridized carbons (Fsp3) is 0.600. The van der Waals surface area contributed by atoms with Gasteiger partial charge in [-0.2, -0.15) is 0 Å². The molecule has 0 radical (unpaired) electrons. The highest BCUT2D eigenvalue weighted by Gasteiger charge is 2.03. The van der Waals surface area contributed by atoms with Crippen molar-refractivity contribution in [3.05, 3.63) is 17.7 Å². The normalized spacial score (nSPS) is 10.2. The van der Waals surface area contributed by atoms with E-state index in [2.05, 4.69) is 29.1 Å². The van der Waals surface area contributed by atoms with E-state index >= 15 is 0 Å². The molecule has 1 rings (SSSR count). The van der Waals surface area contributed by atoms with E-state index in [-0.39, 0.29) is 0 Å². The van der Waals surface area contributed by atoms with Crippen molar-refractivity contribution in [2.45, 2.75) is 26.7 Å². The summed E-state index contributed by atoms with van der Waals surface area (Å²) in [6.07, 6.45) is 3.65. The zero-order chi connectivity index (χ0) is 10.4. The summed E-state index contributed by atoms with van der Waals surface area (Å²) in [6, 6.07) is 0. The molecule has 14 heavy (non-hydrogen) atoms. The number of nitrogens with zero attached hydrogens (tertiary/aromatic N) is 2. The highest BCUT2D eigenvalue weighted by Crippen LogP contribution is 2.12. The Morgan fingerprint density at radius 3 is 2.71 bits per heavy atom. The lowest BCUT2D eigenvalue weighted by Gasteiger charge is -2.09. The second-order valence-corrected chi connectivity index (χ2v) is 3.07. The molecule has 3 N–H and O–H groups in total. The molecule has 0 bridgehead atoms. The smallest absolute Gasteiger partial charge is 0.128 e. The second kappa shape index (κ2) is 5.54. The van der Waals surface area contributed by atoms with Crippen LogP contribution in [0.2, 0.25) is 0 Å². The fourth-order valence-electron chi connectivity index (χ4n) is 1.25. The Balaban J connectivity index is 2.82. The second-order valence-electron chi connectivity index (χ2n) is 3.07. The molecule has 0 spiro atoms. The molecule has 0 amide bonds. The van der Waals surface area contributed by atoms with Crippen molar-refractivity contribution >= 4 is 5.69 Å². The molecule has 0 aliphatic rings. The zero-order valence-electron chi connectivity index (χ0n) is 8.88. The van der Waals surface area contributed by atoms with E-state index in [1.54, 1.807) is 0 Å². The summed E-state index contributed by atoms with van der Waals surface area (Å²) >= 11 is 0. The third kappa shape index (κ3) is 2.67. The van der Waals surface area contributed by atoms with Crippen LogP contribution in [0.3, 0.4) is 0 Å². The summed E-state index contributed by atoms with van der Waals surface area (Å²) in [5, 5.41) is 3.22. The lowest BCUT2D eigenvalue weighted by molar-refractivity contribution is 0.883. The number of hydrogen-bond acceptors (Lipinski definition) is 4. The number of nitrogens with one attached hydrogen (secondary N) is 1. The predicted molar refractivity (Wildman–Crippen MR) is 58.3 cm³/mol. The van der Waals surface area contributed by atoms with E-state index in [9.17, 15) is 0 Å². The van der Waals surface area contributed by atoms with Crippen LogP contribution in [-0.4, -0.2) is 23.1 Å². The van der Waals surface area contributed by atoms with Crippen LogP contribution in [0, 0.1) is 0 Å². The molecular weight excluding hydrogens is 176 g/mol. The first-order valence-corrected chi connectivity index (χ1v) is 5.10. The topological polar surface area (TPSA) is 63.8 Å². The van der Waals surface area contributed by atoms with Crippen LogP contribution in [-0.2, 0) is 12.8 Å². The van der Waals surface area contributed by atoms with Crippen molar-refractivity contribution in [1.82, 2.24) is 9.97 Å². The third-order valence-electron chi connectivity index (χ3n) is 2.03. The Hall–Kier alpha value is -1.16. The maximum Gasteiger partial charge on any atom is 0.128 e. The van der Waals surface area contributed by atoms with Crippen molar-refractivity contribution in [1.29, 1.82) is 0 Å². The van der Waals surface area contributed by atoms with Crippen LogP contribution < -0.4 is 11.1 Å². The molecule has 1 aromatic heterocycles. The van der Waals surface area contributed by atoms with Crippen molar-refractivity contribution in [2.24, 2.45) is 5.73 Å². The highest BCUT2D eigenvalue weighted by molar-refractivity contribution is 5.45. The fourth-order valence-corrected chi connectivity index (χ4v) is 1.25. The van der Waals surface area contributed by atoms with Gasteiger partial charge < -0.3 is 11.1 Å². The van der Waals surface area contributed by atoms with Crippen LogP contribution in [0.25, 0.3) is 0 Å². The zero-order valence-corrected chi connectivity index (χ0v) is 8.88. The van der Waals surface area contributed by atoms with Crippen LogP contribution in [0.4, 0.5) is 5.69 Å². The Kier molecular flexibility index (Phi) is 4.32. The maximum atomic E-state index is 5.42. The van der Waals surface area contributed by atoms with Gasteiger partial charge in [0.15, 0.2) is 0 Å². The number of aromatic nitrogens is 2. The summed E-state index contributed by atoms with van der Waals surface area (Å²) in [5.41, 5.74) is 7.50. The van der Waals surface area contributed by atoms with Gasteiger partial charge >= 0.3 is 0 Å². The van der Waals surface area contributed by atoms with E-state index in [4.69, 9.17) is 5.73 Å². The van der Waals surface area contributed by atoms with Crippen LogP contribution in [0.15, 0.2) is 6.20 Å². The molecule has 0 saturated carbocycles. The molecule has 0 fully saturated rings. The minimum atomic E-state index is 0.624. The highest BCUT2D eigenvalue weighted by atomic mass is 15.0. The standard InChI is InChI=1S/C10H18N4/c1-3-8-9(12-6-5-11)7-13-10(4-2)14-8/h7,12H,3-6,11H2,1-2H3. The van der Waals surface area contributed by atoms with E-state index in [0.717, 1.165) is 36.6 Å². The van der Waals surface area contributed by atoms with Gasteiger partial charge in [0.1, 0.15) is 5.82 Å². The van der Waals surface area contributed by atoms with Gasteiger partial charge in [0.05, 0.1) is 17.6 Å². The van der Waals surface area contributed by atoms with E-state index in [1.807, 2.05) is 6.20 Å². The maximum absolute atomic E-state index is 5.42. The first kappa shape index (κ1) is 10.9. The number of hydrogen-bond donors (Lipinski definition) is 2. The lowest BCUT2D eigenvalue weighted by Crippen LogP contribution is -2.15. The molecule has 78 valence electrons. The van der Waals surface area contributed by atoms with Crippen molar-refractivity contribution in [2.75, 3.05) is 18.4 Å². The van der Waals surface area contributed by atoms with Gasteiger partial charge in [0, 0.05) is 19.5 Å². The number of nitrogens with two attached hydrogens (primary N) is 1. The number of anilines is 1. The Labute approximate surface area is 85.0 Å². The molecule has 0 atom stereocenters. The van der Waals surface area contributed by atoms with Gasteiger partial charge in [0.25, 0.3) is 0 Å². The van der Waals surface area contributed by atoms with Gasteiger partial charge in [-0.3, -0.25) is 0 Å².